The summed E-state index contributed by atoms with van der Waals surface area (Å²) in [7, 11) is 0. The normalized spacial score (nSPS) is 18.2. The van der Waals surface area contributed by atoms with Crippen LogP contribution in [0.1, 0.15) is 44.7 Å². The highest BCUT2D eigenvalue weighted by atomic mass is 35.5. The van der Waals surface area contributed by atoms with Crippen LogP contribution in [0.25, 0.3) is 0 Å². The van der Waals surface area contributed by atoms with Gasteiger partial charge in [-0.1, -0.05) is 12.1 Å². The second kappa shape index (κ2) is 8.76. The van der Waals surface area contributed by atoms with Crippen molar-refractivity contribution in [3.8, 4) is 0 Å². The number of anilines is 1. The molecule has 3 N–H and O–H groups in total. The van der Waals surface area contributed by atoms with Crippen LogP contribution >= 0.6 is 12.4 Å². The van der Waals surface area contributed by atoms with E-state index in [0.29, 0.717) is 12.5 Å². The molecular weight excluding hydrogens is 302 g/mol. The molecule has 0 spiro atoms. The fourth-order valence-corrected chi connectivity index (χ4v) is 2.63. The molecule has 1 heterocycles. The summed E-state index contributed by atoms with van der Waals surface area (Å²) in [6, 6.07) is 7.78. The van der Waals surface area contributed by atoms with Crippen LogP contribution in [0.4, 0.5) is 5.69 Å². The minimum Gasteiger partial charge on any atom is -0.350 e. The zero-order valence-electron chi connectivity index (χ0n) is 13.0. The van der Waals surface area contributed by atoms with Crippen LogP contribution in [0.2, 0.25) is 0 Å². The molecular formula is C16H24ClN3O2. The SMILES string of the molecule is CC(=O)Nc1cccc(C(C)NC(=O)CC2CCCN2)c1.Cl. The van der Waals surface area contributed by atoms with Gasteiger partial charge in [0.15, 0.2) is 0 Å². The zero-order chi connectivity index (χ0) is 15.2. The van der Waals surface area contributed by atoms with Crippen molar-refractivity contribution in [1.82, 2.24) is 10.6 Å². The summed E-state index contributed by atoms with van der Waals surface area (Å²) < 4.78 is 0. The number of halogens is 1. The first-order valence-electron chi connectivity index (χ1n) is 7.45. The molecule has 2 rings (SSSR count). The van der Waals surface area contributed by atoms with Crippen LogP contribution in [0, 0.1) is 0 Å². The molecule has 1 aliphatic heterocycles. The molecule has 1 aliphatic rings. The van der Waals surface area contributed by atoms with E-state index < -0.39 is 0 Å². The molecule has 0 saturated carbocycles. The lowest BCUT2D eigenvalue weighted by Gasteiger charge is -2.17. The van der Waals surface area contributed by atoms with E-state index in [1.54, 1.807) is 0 Å². The number of amides is 2. The van der Waals surface area contributed by atoms with Crippen LogP contribution in [0.3, 0.4) is 0 Å². The third-order valence-electron chi connectivity index (χ3n) is 3.68. The van der Waals surface area contributed by atoms with Gasteiger partial charge in [0.25, 0.3) is 0 Å². The number of nitrogens with one attached hydrogen (secondary N) is 3. The Morgan fingerprint density at radius 1 is 1.41 bits per heavy atom. The van der Waals surface area contributed by atoms with Crippen molar-refractivity contribution in [3.05, 3.63) is 29.8 Å². The largest absolute Gasteiger partial charge is 0.350 e. The molecule has 122 valence electrons. The highest BCUT2D eigenvalue weighted by Gasteiger charge is 2.19. The van der Waals surface area contributed by atoms with Crippen LogP contribution in [0.15, 0.2) is 24.3 Å². The van der Waals surface area contributed by atoms with Crippen LogP contribution in [0.5, 0.6) is 0 Å². The minimum absolute atomic E-state index is 0. The van der Waals surface area contributed by atoms with Crippen molar-refractivity contribution >= 4 is 29.9 Å². The van der Waals surface area contributed by atoms with E-state index in [0.717, 1.165) is 30.6 Å². The van der Waals surface area contributed by atoms with Crippen molar-refractivity contribution in [2.24, 2.45) is 0 Å². The Labute approximate surface area is 137 Å². The highest BCUT2D eigenvalue weighted by Crippen LogP contribution is 2.18. The first-order valence-corrected chi connectivity index (χ1v) is 7.45. The topological polar surface area (TPSA) is 70.2 Å². The number of rotatable bonds is 5. The van der Waals surface area contributed by atoms with Gasteiger partial charge in [0.05, 0.1) is 6.04 Å². The predicted molar refractivity (Wildman–Crippen MR) is 90.2 cm³/mol. The van der Waals surface area contributed by atoms with Crippen molar-refractivity contribution in [2.75, 3.05) is 11.9 Å². The lowest BCUT2D eigenvalue weighted by molar-refractivity contribution is -0.122. The standard InChI is InChI=1S/C16H23N3O2.ClH/c1-11(18-16(21)10-14-7-4-8-17-14)13-5-3-6-15(9-13)19-12(2)20;/h3,5-6,9,11,14,17H,4,7-8,10H2,1-2H3,(H,18,21)(H,19,20);1H. The van der Waals surface area contributed by atoms with Crippen LogP contribution in [-0.4, -0.2) is 24.4 Å². The number of benzene rings is 1. The average molecular weight is 326 g/mol. The predicted octanol–water partition coefficient (Wildman–Crippen LogP) is 2.39. The molecule has 22 heavy (non-hydrogen) atoms. The summed E-state index contributed by atoms with van der Waals surface area (Å²) in [5.74, 6) is -0.0389. The maximum Gasteiger partial charge on any atom is 0.222 e. The number of carbonyl (C=O) groups excluding carboxylic acids is 2. The Hall–Kier alpha value is -1.59. The van der Waals surface area contributed by atoms with Crippen molar-refractivity contribution in [3.63, 3.8) is 0 Å². The fraction of sp³-hybridized carbons (Fsp3) is 0.500. The number of carbonyl (C=O) groups is 2. The van der Waals surface area contributed by atoms with Crippen molar-refractivity contribution in [1.29, 1.82) is 0 Å². The van der Waals surface area contributed by atoms with Gasteiger partial charge in [-0.15, -0.1) is 12.4 Å². The summed E-state index contributed by atoms with van der Waals surface area (Å²) in [5.41, 5.74) is 1.73. The Bertz CT molecular complexity index is 516. The average Bonchev–Trinajstić information content (AvgIpc) is 2.90. The minimum atomic E-state index is -0.101. The molecule has 2 unspecified atom stereocenters. The van der Waals surface area contributed by atoms with Gasteiger partial charge in [-0.3, -0.25) is 9.59 Å². The van der Waals surface area contributed by atoms with E-state index >= 15 is 0 Å². The maximum atomic E-state index is 12.0. The zero-order valence-corrected chi connectivity index (χ0v) is 13.8. The molecule has 0 radical (unpaired) electrons. The Balaban J connectivity index is 0.00000242. The van der Waals surface area contributed by atoms with Gasteiger partial charge in [0, 0.05) is 25.1 Å². The monoisotopic (exact) mass is 325 g/mol. The lowest BCUT2D eigenvalue weighted by Crippen LogP contribution is -2.33. The van der Waals surface area contributed by atoms with Crippen molar-refractivity contribution in [2.45, 2.75) is 45.2 Å². The second-order valence-corrected chi connectivity index (χ2v) is 5.59. The molecule has 0 bridgehead atoms. The molecule has 2 atom stereocenters. The van der Waals surface area contributed by atoms with Gasteiger partial charge in [0.2, 0.25) is 11.8 Å². The van der Waals surface area contributed by atoms with Crippen molar-refractivity contribution < 1.29 is 9.59 Å². The molecule has 1 aromatic rings. The summed E-state index contributed by atoms with van der Waals surface area (Å²) in [4.78, 5) is 23.1. The molecule has 0 aromatic heterocycles. The van der Waals surface area contributed by atoms with Gasteiger partial charge in [0.1, 0.15) is 0 Å². The van der Waals surface area contributed by atoms with Gasteiger partial charge in [-0.05, 0) is 44.0 Å². The lowest BCUT2D eigenvalue weighted by atomic mass is 10.1. The van der Waals surface area contributed by atoms with Gasteiger partial charge in [-0.2, -0.15) is 0 Å². The fourth-order valence-electron chi connectivity index (χ4n) is 2.63. The van der Waals surface area contributed by atoms with Crippen LogP contribution < -0.4 is 16.0 Å². The molecule has 1 fully saturated rings. The number of hydrogen-bond acceptors (Lipinski definition) is 3. The second-order valence-electron chi connectivity index (χ2n) is 5.59. The smallest absolute Gasteiger partial charge is 0.222 e. The van der Waals surface area contributed by atoms with E-state index in [9.17, 15) is 9.59 Å². The summed E-state index contributed by atoms with van der Waals surface area (Å²) in [5, 5.41) is 9.09. The number of hydrogen-bond donors (Lipinski definition) is 3. The molecule has 6 heteroatoms. The van der Waals surface area contributed by atoms with E-state index in [4.69, 9.17) is 0 Å². The Kier molecular flexibility index (Phi) is 7.35. The summed E-state index contributed by atoms with van der Waals surface area (Å²) >= 11 is 0. The molecule has 0 aliphatic carbocycles. The molecule has 1 saturated heterocycles. The molecule has 1 aromatic carbocycles. The van der Waals surface area contributed by atoms with E-state index in [1.165, 1.54) is 6.92 Å². The first kappa shape index (κ1) is 18.5. The molecule has 2 amide bonds. The van der Waals surface area contributed by atoms with E-state index in [-0.39, 0.29) is 30.3 Å². The van der Waals surface area contributed by atoms with Gasteiger partial charge >= 0.3 is 0 Å². The Morgan fingerprint density at radius 2 is 2.18 bits per heavy atom. The first-order chi connectivity index (χ1) is 10.0. The Morgan fingerprint density at radius 3 is 2.82 bits per heavy atom. The summed E-state index contributed by atoms with van der Waals surface area (Å²) in [6.45, 7) is 4.44. The quantitative estimate of drug-likeness (QED) is 0.778. The van der Waals surface area contributed by atoms with Crippen LogP contribution in [-0.2, 0) is 9.59 Å². The third-order valence-corrected chi connectivity index (χ3v) is 3.68. The van der Waals surface area contributed by atoms with Gasteiger partial charge < -0.3 is 16.0 Å². The van der Waals surface area contributed by atoms with E-state index in [1.807, 2.05) is 31.2 Å². The van der Waals surface area contributed by atoms with E-state index in [2.05, 4.69) is 16.0 Å². The highest BCUT2D eigenvalue weighted by molar-refractivity contribution is 5.88. The van der Waals surface area contributed by atoms with Gasteiger partial charge in [-0.25, -0.2) is 0 Å². The maximum absolute atomic E-state index is 12.0. The summed E-state index contributed by atoms with van der Waals surface area (Å²) in [6.07, 6.45) is 2.74. The third kappa shape index (κ3) is 5.66. The molecule has 5 nitrogen and oxygen atoms in total.